The molecule has 4 aromatic rings. The number of phenols is 1. The molecule has 4 aromatic carbocycles. The zero-order chi connectivity index (χ0) is 24.6. The van der Waals surface area contributed by atoms with E-state index in [9.17, 15) is 9.90 Å². The van der Waals surface area contributed by atoms with Crippen LogP contribution in [0.25, 0.3) is 10.8 Å². The third-order valence-electron chi connectivity index (χ3n) is 6.27. The molecule has 0 aliphatic rings. The summed E-state index contributed by atoms with van der Waals surface area (Å²) in [6.07, 6.45) is 0.392. The number of rotatable bonds is 10. The molecular weight excluding hydrogens is 436 g/mol. The summed E-state index contributed by atoms with van der Waals surface area (Å²) in [5.41, 5.74) is 3.24. The summed E-state index contributed by atoms with van der Waals surface area (Å²) < 4.78 is 5.25. The van der Waals surface area contributed by atoms with Crippen molar-refractivity contribution >= 4 is 16.7 Å². The van der Waals surface area contributed by atoms with Crippen LogP contribution in [0.1, 0.15) is 36.1 Å². The van der Waals surface area contributed by atoms with Gasteiger partial charge in [0.2, 0.25) is 5.91 Å². The number of benzene rings is 4. The van der Waals surface area contributed by atoms with E-state index in [1.54, 1.807) is 19.2 Å². The van der Waals surface area contributed by atoms with E-state index in [1.807, 2.05) is 47.4 Å². The van der Waals surface area contributed by atoms with Crippen molar-refractivity contribution in [1.82, 2.24) is 10.2 Å². The minimum absolute atomic E-state index is 0.0755. The Labute approximate surface area is 207 Å². The minimum Gasteiger partial charge on any atom is -0.508 e. The van der Waals surface area contributed by atoms with Gasteiger partial charge in [0, 0.05) is 32.1 Å². The zero-order valence-corrected chi connectivity index (χ0v) is 20.3. The van der Waals surface area contributed by atoms with E-state index in [0.29, 0.717) is 26.1 Å². The van der Waals surface area contributed by atoms with Gasteiger partial charge in [-0.15, -0.1) is 0 Å². The highest BCUT2D eigenvalue weighted by Gasteiger charge is 2.16. The van der Waals surface area contributed by atoms with E-state index < -0.39 is 0 Å². The van der Waals surface area contributed by atoms with Crippen LogP contribution in [0, 0.1) is 0 Å². The number of hydrogen-bond donors (Lipinski definition) is 2. The van der Waals surface area contributed by atoms with Crippen LogP contribution < -0.4 is 10.1 Å². The number of methoxy groups -OCH3 is 1. The normalized spacial score (nSPS) is 11.8. The van der Waals surface area contributed by atoms with Crippen LogP contribution in [0.15, 0.2) is 91.0 Å². The summed E-state index contributed by atoms with van der Waals surface area (Å²) in [6.45, 7) is 3.70. The molecule has 0 unspecified atom stereocenters. The predicted molar refractivity (Wildman–Crippen MR) is 140 cm³/mol. The Bertz CT molecular complexity index is 1250. The predicted octanol–water partition coefficient (Wildman–Crippen LogP) is 5.82. The molecule has 1 atom stereocenters. The Morgan fingerprint density at radius 2 is 1.51 bits per heavy atom. The van der Waals surface area contributed by atoms with Gasteiger partial charge in [0.25, 0.3) is 0 Å². The fraction of sp³-hybridized carbons (Fsp3) is 0.233. The first-order chi connectivity index (χ1) is 17.0. The van der Waals surface area contributed by atoms with Crippen molar-refractivity contribution < 1.29 is 14.6 Å². The number of nitrogens with one attached hydrogen (secondary N) is 1. The third kappa shape index (κ3) is 6.40. The van der Waals surface area contributed by atoms with Crippen molar-refractivity contribution in [2.45, 2.75) is 32.5 Å². The lowest BCUT2D eigenvalue weighted by molar-refractivity contribution is -0.132. The smallest absolute Gasteiger partial charge is 0.224 e. The molecule has 180 valence electrons. The fourth-order valence-electron chi connectivity index (χ4n) is 4.30. The van der Waals surface area contributed by atoms with Gasteiger partial charge in [0.1, 0.15) is 11.5 Å². The van der Waals surface area contributed by atoms with Crippen molar-refractivity contribution in [1.29, 1.82) is 0 Å². The molecule has 1 amide bonds. The lowest BCUT2D eigenvalue weighted by atomic mass is 9.99. The molecule has 4 rings (SSSR count). The first-order valence-corrected chi connectivity index (χ1v) is 11.9. The molecule has 5 heteroatoms. The van der Waals surface area contributed by atoms with Crippen molar-refractivity contribution in [2.24, 2.45) is 0 Å². The summed E-state index contributed by atoms with van der Waals surface area (Å²) in [5.74, 6) is 1.08. The summed E-state index contributed by atoms with van der Waals surface area (Å²) in [7, 11) is 1.64. The fourth-order valence-corrected chi connectivity index (χ4v) is 4.30. The molecule has 0 aliphatic carbocycles. The van der Waals surface area contributed by atoms with Crippen LogP contribution in [0.2, 0.25) is 0 Å². The molecule has 35 heavy (non-hydrogen) atoms. The van der Waals surface area contributed by atoms with Gasteiger partial charge in [-0.2, -0.15) is 0 Å². The van der Waals surface area contributed by atoms with Gasteiger partial charge in [0.05, 0.1) is 7.11 Å². The van der Waals surface area contributed by atoms with E-state index in [-0.39, 0.29) is 17.7 Å². The monoisotopic (exact) mass is 468 g/mol. The summed E-state index contributed by atoms with van der Waals surface area (Å²) in [5, 5.41) is 15.6. The molecule has 2 N–H and O–H groups in total. The van der Waals surface area contributed by atoms with Crippen molar-refractivity contribution in [3.63, 3.8) is 0 Å². The van der Waals surface area contributed by atoms with Gasteiger partial charge in [-0.1, -0.05) is 66.7 Å². The molecule has 0 spiro atoms. The second-order valence-corrected chi connectivity index (χ2v) is 8.76. The molecule has 0 radical (unpaired) electrons. The molecule has 0 heterocycles. The molecule has 5 nitrogen and oxygen atoms in total. The quantitative estimate of drug-likeness (QED) is 0.308. The number of hydrogen-bond acceptors (Lipinski definition) is 4. The number of carbonyl (C=O) groups is 1. The molecule has 0 bridgehead atoms. The van der Waals surface area contributed by atoms with Gasteiger partial charge in [-0.3, -0.25) is 4.79 Å². The van der Waals surface area contributed by atoms with Gasteiger partial charge in [-0.05, 0) is 58.7 Å². The van der Waals surface area contributed by atoms with Crippen molar-refractivity contribution in [3.8, 4) is 11.5 Å². The minimum atomic E-state index is 0.0755. The van der Waals surface area contributed by atoms with Gasteiger partial charge in [-0.25, -0.2) is 0 Å². The Morgan fingerprint density at radius 1 is 0.886 bits per heavy atom. The summed E-state index contributed by atoms with van der Waals surface area (Å²) in [4.78, 5) is 15.1. The van der Waals surface area contributed by atoms with Crippen molar-refractivity contribution in [3.05, 3.63) is 108 Å². The Morgan fingerprint density at radius 3 is 2.20 bits per heavy atom. The molecule has 0 fully saturated rings. The van der Waals surface area contributed by atoms with Crippen LogP contribution >= 0.6 is 0 Å². The Kier molecular flexibility index (Phi) is 8.01. The summed E-state index contributed by atoms with van der Waals surface area (Å²) >= 11 is 0. The average Bonchev–Trinajstić information content (AvgIpc) is 2.89. The molecule has 0 saturated heterocycles. The van der Waals surface area contributed by atoms with E-state index in [4.69, 9.17) is 4.74 Å². The summed E-state index contributed by atoms with van der Waals surface area (Å²) in [6, 6.07) is 29.6. The molecule has 0 aromatic heterocycles. The van der Waals surface area contributed by atoms with Crippen LogP contribution in [-0.2, 0) is 17.9 Å². The van der Waals surface area contributed by atoms with Crippen LogP contribution in [0.4, 0.5) is 0 Å². The van der Waals surface area contributed by atoms with E-state index in [1.165, 1.54) is 16.3 Å². The maximum absolute atomic E-state index is 13.3. The number of phenolic OH excluding ortho intramolecular Hbond substituents is 1. The number of amides is 1. The Balaban J connectivity index is 1.42. The van der Waals surface area contributed by atoms with Gasteiger partial charge < -0.3 is 20.1 Å². The number of ether oxygens (including phenoxy) is 1. The highest BCUT2D eigenvalue weighted by molar-refractivity contribution is 5.86. The Hall–Kier alpha value is -3.83. The van der Waals surface area contributed by atoms with Crippen LogP contribution in [0.5, 0.6) is 11.5 Å². The second kappa shape index (κ2) is 11.5. The maximum atomic E-state index is 13.3. The lowest BCUT2D eigenvalue weighted by Crippen LogP contribution is -2.33. The third-order valence-corrected chi connectivity index (χ3v) is 6.27. The highest BCUT2D eigenvalue weighted by Crippen LogP contribution is 2.24. The first-order valence-electron chi connectivity index (χ1n) is 11.9. The van der Waals surface area contributed by atoms with Crippen LogP contribution in [0.3, 0.4) is 0 Å². The van der Waals surface area contributed by atoms with E-state index >= 15 is 0 Å². The van der Waals surface area contributed by atoms with Crippen molar-refractivity contribution in [2.75, 3.05) is 13.7 Å². The molecule has 0 aliphatic heterocycles. The second-order valence-electron chi connectivity index (χ2n) is 8.76. The molecular formula is C30H32N2O3. The highest BCUT2D eigenvalue weighted by atomic mass is 16.5. The number of nitrogens with zero attached hydrogens (tertiary/aromatic N) is 1. The van der Waals surface area contributed by atoms with E-state index in [0.717, 1.165) is 16.9 Å². The number of aromatic hydroxyl groups is 1. The average molecular weight is 469 g/mol. The topological polar surface area (TPSA) is 61.8 Å². The SMILES string of the molecule is COc1ccc(CN(Cc2ccc(O)cc2)C(=O)CCN[C@H](C)c2cccc3ccccc23)cc1. The lowest BCUT2D eigenvalue weighted by Gasteiger charge is -2.24. The maximum Gasteiger partial charge on any atom is 0.224 e. The standard InChI is InChI=1S/C30H32N2O3/c1-22(28-9-5-7-25-6-3-4-8-29(25)28)31-19-18-30(34)32(20-23-10-14-26(33)15-11-23)21-24-12-16-27(35-2)17-13-24/h3-17,22,31,33H,18-21H2,1-2H3/t22-/m1/s1. The zero-order valence-electron chi connectivity index (χ0n) is 20.3. The number of carbonyl (C=O) groups excluding carboxylic acids is 1. The largest absolute Gasteiger partial charge is 0.508 e. The first kappa shape index (κ1) is 24.3. The van der Waals surface area contributed by atoms with Gasteiger partial charge >= 0.3 is 0 Å². The van der Waals surface area contributed by atoms with E-state index in [2.05, 4.69) is 48.6 Å². The number of fused-ring (bicyclic) bond motifs is 1. The van der Waals surface area contributed by atoms with Crippen LogP contribution in [-0.4, -0.2) is 29.6 Å². The van der Waals surface area contributed by atoms with Gasteiger partial charge in [0.15, 0.2) is 0 Å². The molecule has 0 saturated carbocycles.